The fourth-order valence-electron chi connectivity index (χ4n) is 3.35. The van der Waals surface area contributed by atoms with E-state index in [1.165, 1.54) is 19.3 Å². The van der Waals surface area contributed by atoms with Gasteiger partial charge < -0.3 is 10.8 Å². The van der Waals surface area contributed by atoms with E-state index >= 15 is 0 Å². The molecule has 0 radical (unpaired) electrons. The number of aliphatic hydroxyl groups is 1. The van der Waals surface area contributed by atoms with Crippen molar-refractivity contribution in [2.45, 2.75) is 45.1 Å². The summed E-state index contributed by atoms with van der Waals surface area (Å²) in [5.74, 6) is 0.702. The molecule has 0 aliphatic heterocycles. The van der Waals surface area contributed by atoms with Crippen LogP contribution < -0.4 is 5.73 Å². The topological polar surface area (TPSA) is 64.1 Å². The lowest BCUT2D eigenvalue weighted by Gasteiger charge is -2.43. The molecule has 1 aromatic heterocycles. The van der Waals surface area contributed by atoms with Crippen molar-refractivity contribution in [3.05, 3.63) is 18.0 Å². The summed E-state index contributed by atoms with van der Waals surface area (Å²) in [5, 5.41) is 14.8. The zero-order chi connectivity index (χ0) is 13.2. The molecule has 0 aromatic carbocycles. The quantitative estimate of drug-likeness (QED) is 0.860. The Hall–Kier alpha value is -0.870. The molecule has 1 heterocycles. The molecule has 0 spiro atoms. The van der Waals surface area contributed by atoms with Crippen LogP contribution in [0.15, 0.2) is 12.4 Å². The molecule has 4 nitrogen and oxygen atoms in total. The molecule has 2 rings (SSSR count). The summed E-state index contributed by atoms with van der Waals surface area (Å²) < 4.78 is 1.74. The molecule has 18 heavy (non-hydrogen) atoms. The number of aromatic nitrogens is 2. The van der Waals surface area contributed by atoms with Crippen LogP contribution in [-0.2, 0) is 7.05 Å². The van der Waals surface area contributed by atoms with E-state index in [1.807, 2.05) is 13.2 Å². The molecule has 0 amide bonds. The summed E-state index contributed by atoms with van der Waals surface area (Å²) in [4.78, 5) is 0. The molecular weight excluding hydrogens is 226 g/mol. The van der Waals surface area contributed by atoms with Crippen molar-refractivity contribution >= 4 is 0 Å². The van der Waals surface area contributed by atoms with Gasteiger partial charge in [0.1, 0.15) is 0 Å². The zero-order valence-electron chi connectivity index (χ0n) is 11.5. The van der Waals surface area contributed by atoms with Crippen molar-refractivity contribution in [1.29, 1.82) is 0 Å². The number of hydrogen-bond acceptors (Lipinski definition) is 3. The predicted octanol–water partition coefficient (Wildman–Crippen LogP) is 2.00. The molecule has 0 bridgehead atoms. The van der Waals surface area contributed by atoms with E-state index < -0.39 is 6.10 Å². The largest absolute Gasteiger partial charge is 0.388 e. The first kappa shape index (κ1) is 13.6. The summed E-state index contributed by atoms with van der Waals surface area (Å²) in [6.07, 6.45) is 8.87. The van der Waals surface area contributed by atoms with Gasteiger partial charge in [0.2, 0.25) is 0 Å². The molecule has 1 saturated carbocycles. The lowest BCUT2D eigenvalue weighted by molar-refractivity contribution is -0.0162. The number of aliphatic hydroxyl groups excluding tert-OH is 1. The van der Waals surface area contributed by atoms with E-state index in [4.69, 9.17) is 5.73 Å². The highest BCUT2D eigenvalue weighted by molar-refractivity contribution is 5.13. The third-order valence-electron chi connectivity index (χ3n) is 4.59. The van der Waals surface area contributed by atoms with Gasteiger partial charge in [0.25, 0.3) is 0 Å². The molecular formula is C14H25N3O. The number of rotatable bonds is 4. The third kappa shape index (κ3) is 2.45. The second-order valence-corrected chi connectivity index (χ2v) is 5.79. The summed E-state index contributed by atoms with van der Waals surface area (Å²) in [5.41, 5.74) is 6.76. The Balaban J connectivity index is 2.20. The lowest BCUT2D eigenvalue weighted by atomic mass is 9.65. The maximum Gasteiger partial charge on any atom is 0.0888 e. The van der Waals surface area contributed by atoms with Gasteiger partial charge in [0.15, 0.2) is 0 Å². The maximum atomic E-state index is 10.7. The smallest absolute Gasteiger partial charge is 0.0888 e. The zero-order valence-corrected chi connectivity index (χ0v) is 11.5. The van der Waals surface area contributed by atoms with Crippen LogP contribution >= 0.6 is 0 Å². The van der Waals surface area contributed by atoms with Gasteiger partial charge in [-0.25, -0.2) is 0 Å². The second-order valence-electron chi connectivity index (χ2n) is 5.79. The minimum Gasteiger partial charge on any atom is -0.388 e. The van der Waals surface area contributed by atoms with Crippen LogP contribution in [0, 0.1) is 11.3 Å². The van der Waals surface area contributed by atoms with E-state index in [2.05, 4.69) is 12.0 Å². The molecule has 1 aliphatic rings. The van der Waals surface area contributed by atoms with Gasteiger partial charge in [-0.3, -0.25) is 4.68 Å². The number of nitrogens with two attached hydrogens (primary N) is 1. The van der Waals surface area contributed by atoms with E-state index in [0.717, 1.165) is 18.4 Å². The van der Waals surface area contributed by atoms with Gasteiger partial charge in [0.05, 0.1) is 12.3 Å². The minimum atomic E-state index is -0.481. The average molecular weight is 251 g/mol. The standard InChI is InChI=1S/C14H25N3O/c1-3-11-5-4-6-14(7-11,10-15)13(18)12-8-16-17(2)9-12/h8-9,11,13,18H,3-7,10,15H2,1-2H3. The van der Waals surface area contributed by atoms with Crippen LogP contribution in [-0.4, -0.2) is 21.4 Å². The number of hydrogen-bond donors (Lipinski definition) is 2. The van der Waals surface area contributed by atoms with Crippen LogP contribution in [0.25, 0.3) is 0 Å². The third-order valence-corrected chi connectivity index (χ3v) is 4.59. The molecule has 3 atom stereocenters. The Bertz CT molecular complexity index is 390. The summed E-state index contributed by atoms with van der Waals surface area (Å²) in [6, 6.07) is 0. The summed E-state index contributed by atoms with van der Waals surface area (Å²) in [6.45, 7) is 2.78. The van der Waals surface area contributed by atoms with E-state index in [1.54, 1.807) is 10.9 Å². The first-order valence-corrected chi connectivity index (χ1v) is 6.98. The molecule has 0 saturated heterocycles. The second kappa shape index (κ2) is 5.41. The Labute approximate surface area is 109 Å². The number of aryl methyl sites for hydroxylation is 1. The van der Waals surface area contributed by atoms with Crippen LogP contribution in [0.2, 0.25) is 0 Å². The van der Waals surface area contributed by atoms with Crippen molar-refractivity contribution in [3.8, 4) is 0 Å². The van der Waals surface area contributed by atoms with E-state index in [-0.39, 0.29) is 5.41 Å². The maximum absolute atomic E-state index is 10.7. The molecule has 1 fully saturated rings. The van der Waals surface area contributed by atoms with Gasteiger partial charge in [0, 0.05) is 30.8 Å². The highest BCUT2D eigenvalue weighted by Gasteiger charge is 2.41. The molecule has 3 N–H and O–H groups in total. The van der Waals surface area contributed by atoms with Gasteiger partial charge in [-0.15, -0.1) is 0 Å². The molecule has 4 heteroatoms. The van der Waals surface area contributed by atoms with E-state index in [0.29, 0.717) is 12.5 Å². The average Bonchev–Trinajstić information content (AvgIpc) is 2.84. The normalized spacial score (nSPS) is 30.3. The Morgan fingerprint density at radius 3 is 3.00 bits per heavy atom. The van der Waals surface area contributed by atoms with Gasteiger partial charge in [-0.1, -0.05) is 26.2 Å². The van der Waals surface area contributed by atoms with Crippen molar-refractivity contribution in [3.63, 3.8) is 0 Å². The van der Waals surface area contributed by atoms with Gasteiger partial charge in [-0.2, -0.15) is 5.10 Å². The molecule has 1 aromatic rings. The monoisotopic (exact) mass is 251 g/mol. The molecule has 102 valence electrons. The first-order valence-electron chi connectivity index (χ1n) is 6.98. The SMILES string of the molecule is CCC1CCCC(CN)(C(O)c2cnn(C)c2)C1. The summed E-state index contributed by atoms with van der Waals surface area (Å²) >= 11 is 0. The van der Waals surface area contributed by atoms with Crippen molar-refractivity contribution in [2.24, 2.45) is 24.1 Å². The Morgan fingerprint density at radius 1 is 1.67 bits per heavy atom. The van der Waals surface area contributed by atoms with Crippen LogP contribution in [0.3, 0.4) is 0 Å². The van der Waals surface area contributed by atoms with Crippen LogP contribution in [0.4, 0.5) is 0 Å². The van der Waals surface area contributed by atoms with E-state index in [9.17, 15) is 5.11 Å². The van der Waals surface area contributed by atoms with Gasteiger partial charge >= 0.3 is 0 Å². The lowest BCUT2D eigenvalue weighted by Crippen LogP contribution is -2.41. The van der Waals surface area contributed by atoms with Crippen LogP contribution in [0.1, 0.15) is 50.7 Å². The van der Waals surface area contributed by atoms with Gasteiger partial charge in [-0.05, 0) is 18.8 Å². The highest BCUT2D eigenvalue weighted by Crippen LogP contribution is 2.47. The highest BCUT2D eigenvalue weighted by atomic mass is 16.3. The molecule has 1 aliphatic carbocycles. The minimum absolute atomic E-state index is 0.151. The summed E-state index contributed by atoms with van der Waals surface area (Å²) in [7, 11) is 1.88. The van der Waals surface area contributed by atoms with Crippen molar-refractivity contribution < 1.29 is 5.11 Å². The number of nitrogens with zero attached hydrogens (tertiary/aromatic N) is 2. The Morgan fingerprint density at radius 2 is 2.44 bits per heavy atom. The Kier molecular flexibility index (Phi) is 4.07. The van der Waals surface area contributed by atoms with Crippen LogP contribution in [0.5, 0.6) is 0 Å². The van der Waals surface area contributed by atoms with Crippen molar-refractivity contribution in [1.82, 2.24) is 9.78 Å². The fourth-order valence-corrected chi connectivity index (χ4v) is 3.35. The predicted molar refractivity (Wildman–Crippen MR) is 71.9 cm³/mol. The first-order chi connectivity index (χ1) is 8.61. The van der Waals surface area contributed by atoms with Crippen molar-refractivity contribution in [2.75, 3.05) is 6.54 Å². The fraction of sp³-hybridized carbons (Fsp3) is 0.786. The molecule has 3 unspecified atom stereocenters.